The van der Waals surface area contributed by atoms with E-state index in [0.29, 0.717) is 5.92 Å². The van der Waals surface area contributed by atoms with Gasteiger partial charge >= 0.3 is 0 Å². The summed E-state index contributed by atoms with van der Waals surface area (Å²) in [6.07, 6.45) is 8.61. The van der Waals surface area contributed by atoms with Gasteiger partial charge in [-0.3, -0.25) is 10.1 Å². The van der Waals surface area contributed by atoms with Crippen molar-refractivity contribution in [3.63, 3.8) is 0 Å². The fraction of sp³-hybridized carbons (Fsp3) is 0.417. The Balaban J connectivity index is 1.89. The highest BCUT2D eigenvalue weighted by Gasteiger charge is 2.20. The number of pyridine rings is 1. The first kappa shape index (κ1) is 10.9. The van der Waals surface area contributed by atoms with Crippen LogP contribution in [0, 0.1) is 0 Å². The van der Waals surface area contributed by atoms with Crippen molar-refractivity contribution in [1.82, 2.24) is 20.2 Å². The fourth-order valence-corrected chi connectivity index (χ4v) is 2.68. The smallest absolute Gasteiger partial charge is 0.182 e. The monoisotopic (exact) mass is 292 g/mol. The van der Waals surface area contributed by atoms with Crippen LogP contribution < -0.4 is 0 Å². The second-order valence-electron chi connectivity index (χ2n) is 4.42. The molecule has 0 aromatic carbocycles. The Morgan fingerprint density at radius 2 is 2.06 bits per heavy atom. The topological polar surface area (TPSA) is 54.5 Å². The minimum absolute atomic E-state index is 0.566. The number of rotatable bonds is 2. The maximum absolute atomic E-state index is 4.58. The largest absolute Gasteiger partial charge is 0.263 e. The van der Waals surface area contributed by atoms with Gasteiger partial charge in [0.05, 0.1) is 0 Å². The summed E-state index contributed by atoms with van der Waals surface area (Å²) in [4.78, 5) is 8.70. The van der Waals surface area contributed by atoms with E-state index in [4.69, 9.17) is 0 Å². The highest BCUT2D eigenvalue weighted by atomic mass is 79.9. The lowest BCUT2D eigenvalue weighted by atomic mass is 10.1. The SMILES string of the molecule is Brc1cncc(-c2n[nH]c(C3CCCC3)n2)c1. The van der Waals surface area contributed by atoms with Gasteiger partial charge in [0, 0.05) is 28.3 Å². The van der Waals surface area contributed by atoms with E-state index in [0.717, 1.165) is 21.7 Å². The Kier molecular flexibility index (Phi) is 2.93. The second kappa shape index (κ2) is 4.56. The van der Waals surface area contributed by atoms with Crippen LogP contribution in [-0.4, -0.2) is 20.2 Å². The molecule has 17 heavy (non-hydrogen) atoms. The molecule has 88 valence electrons. The van der Waals surface area contributed by atoms with Crippen LogP contribution in [0.1, 0.15) is 37.4 Å². The molecule has 5 heteroatoms. The van der Waals surface area contributed by atoms with Gasteiger partial charge in [-0.05, 0) is 34.8 Å². The van der Waals surface area contributed by atoms with E-state index >= 15 is 0 Å². The van der Waals surface area contributed by atoms with Crippen molar-refractivity contribution in [3.05, 3.63) is 28.8 Å². The van der Waals surface area contributed by atoms with Crippen LogP contribution in [0.25, 0.3) is 11.4 Å². The molecule has 0 unspecified atom stereocenters. The Bertz CT molecular complexity index is 517. The number of H-pyrrole nitrogens is 1. The van der Waals surface area contributed by atoms with Crippen molar-refractivity contribution in [2.75, 3.05) is 0 Å². The number of nitrogens with zero attached hydrogens (tertiary/aromatic N) is 3. The summed E-state index contributed by atoms with van der Waals surface area (Å²) in [5.41, 5.74) is 0.944. The molecular weight excluding hydrogens is 280 g/mol. The number of nitrogens with one attached hydrogen (secondary N) is 1. The molecule has 0 bridgehead atoms. The molecule has 3 rings (SSSR count). The predicted octanol–water partition coefficient (Wildman–Crippen LogP) is 3.29. The number of halogens is 1. The molecule has 1 saturated carbocycles. The summed E-state index contributed by atoms with van der Waals surface area (Å²) in [7, 11) is 0. The third-order valence-electron chi connectivity index (χ3n) is 3.21. The number of hydrogen-bond donors (Lipinski definition) is 1. The zero-order valence-corrected chi connectivity index (χ0v) is 10.9. The zero-order chi connectivity index (χ0) is 11.7. The van der Waals surface area contributed by atoms with Gasteiger partial charge in [0.2, 0.25) is 0 Å². The predicted molar refractivity (Wildman–Crippen MR) is 68.5 cm³/mol. The molecule has 1 fully saturated rings. The summed E-state index contributed by atoms with van der Waals surface area (Å²) in [6, 6.07) is 1.98. The molecule has 2 aromatic rings. The summed E-state index contributed by atoms with van der Waals surface area (Å²) >= 11 is 3.40. The quantitative estimate of drug-likeness (QED) is 0.924. The highest BCUT2D eigenvalue weighted by Crippen LogP contribution is 2.32. The van der Waals surface area contributed by atoms with E-state index in [1.54, 1.807) is 12.4 Å². The lowest BCUT2D eigenvalue weighted by Gasteiger charge is -2.01. The summed E-state index contributed by atoms with van der Waals surface area (Å²) < 4.78 is 0.946. The van der Waals surface area contributed by atoms with Crippen LogP contribution in [0.5, 0.6) is 0 Å². The van der Waals surface area contributed by atoms with Crippen LogP contribution in [0.3, 0.4) is 0 Å². The first-order valence-electron chi connectivity index (χ1n) is 5.86. The third-order valence-corrected chi connectivity index (χ3v) is 3.64. The Morgan fingerprint density at radius 1 is 1.24 bits per heavy atom. The molecule has 4 nitrogen and oxygen atoms in total. The summed E-state index contributed by atoms with van der Waals surface area (Å²) in [5.74, 6) is 2.33. The molecule has 0 radical (unpaired) electrons. The van der Waals surface area contributed by atoms with Crippen molar-refractivity contribution in [2.24, 2.45) is 0 Å². The van der Waals surface area contributed by atoms with Crippen molar-refractivity contribution >= 4 is 15.9 Å². The van der Waals surface area contributed by atoms with Crippen LogP contribution in [0.15, 0.2) is 22.9 Å². The van der Waals surface area contributed by atoms with Gasteiger partial charge in [0.1, 0.15) is 5.82 Å². The summed E-state index contributed by atoms with van der Waals surface area (Å²) in [6.45, 7) is 0. The Morgan fingerprint density at radius 3 is 2.82 bits per heavy atom. The van der Waals surface area contributed by atoms with E-state index in [9.17, 15) is 0 Å². The van der Waals surface area contributed by atoms with Crippen LogP contribution in [0.2, 0.25) is 0 Å². The average molecular weight is 293 g/mol. The van der Waals surface area contributed by atoms with E-state index in [-0.39, 0.29) is 0 Å². The molecule has 1 N–H and O–H groups in total. The molecular formula is C12H13BrN4. The average Bonchev–Trinajstić information content (AvgIpc) is 3.00. The normalized spacial score (nSPS) is 16.5. The van der Waals surface area contributed by atoms with E-state index in [2.05, 4.69) is 36.1 Å². The van der Waals surface area contributed by atoms with Crippen molar-refractivity contribution in [3.8, 4) is 11.4 Å². The van der Waals surface area contributed by atoms with Gasteiger partial charge in [0.25, 0.3) is 0 Å². The standard InChI is InChI=1S/C12H13BrN4/c13-10-5-9(6-14-7-10)12-15-11(16-17-12)8-3-1-2-4-8/h5-8H,1-4H2,(H,15,16,17). The Labute approximate surface area is 108 Å². The number of hydrogen-bond acceptors (Lipinski definition) is 3. The maximum Gasteiger partial charge on any atom is 0.182 e. The molecule has 1 aliphatic carbocycles. The Hall–Kier alpha value is -1.23. The van der Waals surface area contributed by atoms with Gasteiger partial charge < -0.3 is 0 Å². The molecule has 0 saturated heterocycles. The minimum Gasteiger partial charge on any atom is -0.263 e. The first-order chi connectivity index (χ1) is 8.33. The van der Waals surface area contributed by atoms with Crippen molar-refractivity contribution in [2.45, 2.75) is 31.6 Å². The fourth-order valence-electron chi connectivity index (χ4n) is 2.32. The van der Waals surface area contributed by atoms with Crippen LogP contribution in [0.4, 0.5) is 0 Å². The maximum atomic E-state index is 4.58. The van der Waals surface area contributed by atoms with Gasteiger partial charge in [-0.25, -0.2) is 4.98 Å². The zero-order valence-electron chi connectivity index (χ0n) is 9.36. The molecule has 1 aliphatic rings. The minimum atomic E-state index is 0.566. The van der Waals surface area contributed by atoms with Gasteiger partial charge in [-0.15, -0.1) is 0 Å². The second-order valence-corrected chi connectivity index (χ2v) is 5.33. The van der Waals surface area contributed by atoms with E-state index < -0.39 is 0 Å². The van der Waals surface area contributed by atoms with Gasteiger partial charge in [0.15, 0.2) is 5.82 Å². The third kappa shape index (κ3) is 2.24. The lowest BCUT2D eigenvalue weighted by Crippen LogP contribution is -1.94. The summed E-state index contributed by atoms with van der Waals surface area (Å²) in [5, 5.41) is 7.34. The van der Waals surface area contributed by atoms with Gasteiger partial charge in [-0.2, -0.15) is 5.10 Å². The van der Waals surface area contributed by atoms with Gasteiger partial charge in [-0.1, -0.05) is 12.8 Å². The highest BCUT2D eigenvalue weighted by molar-refractivity contribution is 9.10. The van der Waals surface area contributed by atoms with E-state index in [1.165, 1.54) is 25.7 Å². The van der Waals surface area contributed by atoms with E-state index in [1.807, 2.05) is 6.07 Å². The molecule has 0 atom stereocenters. The molecule has 0 aliphatic heterocycles. The van der Waals surface area contributed by atoms with Crippen LogP contribution >= 0.6 is 15.9 Å². The molecule has 0 spiro atoms. The van der Waals surface area contributed by atoms with Crippen molar-refractivity contribution < 1.29 is 0 Å². The number of aromatic nitrogens is 4. The lowest BCUT2D eigenvalue weighted by molar-refractivity contribution is 0.672. The first-order valence-corrected chi connectivity index (χ1v) is 6.65. The molecule has 0 amide bonds. The number of aromatic amines is 1. The van der Waals surface area contributed by atoms with Crippen LogP contribution in [-0.2, 0) is 0 Å². The van der Waals surface area contributed by atoms with Crippen molar-refractivity contribution in [1.29, 1.82) is 0 Å². The molecule has 2 aromatic heterocycles. The molecule has 2 heterocycles.